The highest BCUT2D eigenvalue weighted by Crippen LogP contribution is 2.34. The van der Waals surface area contributed by atoms with E-state index in [1.807, 2.05) is 24.3 Å². The molecule has 2 aromatic rings. The second-order valence-corrected chi connectivity index (χ2v) is 6.19. The molecule has 0 heterocycles. The number of Topliss-reactive ketones (excluding diaryl/α,β-unsaturated/α-hetero) is 1. The summed E-state index contributed by atoms with van der Waals surface area (Å²) >= 11 is 0. The van der Waals surface area contributed by atoms with Gasteiger partial charge in [0.1, 0.15) is 5.82 Å². The highest BCUT2D eigenvalue weighted by atomic mass is 19.1. The van der Waals surface area contributed by atoms with Crippen molar-refractivity contribution >= 4 is 11.5 Å². The molecule has 0 amide bonds. The third kappa shape index (κ3) is 2.76. The van der Waals surface area contributed by atoms with Crippen molar-refractivity contribution in [1.82, 2.24) is 0 Å². The third-order valence-electron chi connectivity index (χ3n) is 4.70. The topological polar surface area (TPSA) is 43.1 Å². The molecule has 1 aliphatic carbocycles. The Morgan fingerprint density at radius 3 is 2.36 bits per heavy atom. The Morgan fingerprint density at radius 2 is 1.77 bits per heavy atom. The van der Waals surface area contributed by atoms with Crippen molar-refractivity contribution in [3.63, 3.8) is 0 Å². The minimum atomic E-state index is -0.419. The van der Waals surface area contributed by atoms with Crippen LogP contribution in [0.1, 0.15) is 36.5 Å². The largest absolute Gasteiger partial charge is 0.396 e. The summed E-state index contributed by atoms with van der Waals surface area (Å²) in [6, 6.07) is 12.2. The lowest BCUT2D eigenvalue weighted by molar-refractivity contribution is 0.0897. The fraction of sp³-hybridized carbons (Fsp3) is 0.316. The summed E-state index contributed by atoms with van der Waals surface area (Å²) in [6.45, 7) is 2.15. The van der Waals surface area contributed by atoms with E-state index >= 15 is 0 Å². The number of ketones is 1. The number of anilines is 1. The van der Waals surface area contributed by atoms with Gasteiger partial charge in [-0.25, -0.2) is 4.39 Å². The molecule has 0 unspecified atom stereocenters. The highest BCUT2D eigenvalue weighted by Gasteiger charge is 2.30. The van der Waals surface area contributed by atoms with E-state index < -0.39 is 5.82 Å². The molecule has 0 spiro atoms. The molecule has 3 rings (SSSR count). The maximum atomic E-state index is 13.5. The predicted octanol–water partition coefficient (Wildman–Crippen LogP) is 4.69. The van der Waals surface area contributed by atoms with Gasteiger partial charge in [-0.15, -0.1) is 0 Å². The molecule has 2 aromatic carbocycles. The van der Waals surface area contributed by atoms with Gasteiger partial charge in [0.05, 0.1) is 5.69 Å². The summed E-state index contributed by atoms with van der Waals surface area (Å²) < 4.78 is 13.5. The zero-order valence-corrected chi connectivity index (χ0v) is 12.7. The van der Waals surface area contributed by atoms with Crippen molar-refractivity contribution in [3.8, 4) is 11.1 Å². The normalized spacial score (nSPS) is 21.0. The minimum absolute atomic E-state index is 0.144. The van der Waals surface area contributed by atoms with E-state index in [2.05, 4.69) is 6.92 Å². The molecule has 0 aromatic heterocycles. The van der Waals surface area contributed by atoms with Gasteiger partial charge in [-0.1, -0.05) is 43.7 Å². The summed E-state index contributed by atoms with van der Waals surface area (Å²) in [7, 11) is 0. The van der Waals surface area contributed by atoms with Crippen molar-refractivity contribution in [2.75, 3.05) is 5.73 Å². The molecular weight excluding hydrogens is 277 g/mol. The van der Waals surface area contributed by atoms with Crippen LogP contribution < -0.4 is 5.73 Å². The molecule has 22 heavy (non-hydrogen) atoms. The summed E-state index contributed by atoms with van der Waals surface area (Å²) in [6.07, 6.45) is 3.27. The molecule has 0 aliphatic heterocycles. The van der Waals surface area contributed by atoms with Gasteiger partial charge in [0.15, 0.2) is 5.78 Å². The second-order valence-electron chi connectivity index (χ2n) is 6.19. The Hall–Kier alpha value is -2.16. The minimum Gasteiger partial charge on any atom is -0.396 e. The van der Waals surface area contributed by atoms with Gasteiger partial charge in [0.25, 0.3) is 0 Å². The Morgan fingerprint density at radius 1 is 1.09 bits per heavy atom. The Bertz CT molecular complexity index is 693. The van der Waals surface area contributed by atoms with Crippen LogP contribution in [0, 0.1) is 17.7 Å². The zero-order valence-electron chi connectivity index (χ0n) is 12.7. The number of rotatable bonds is 3. The van der Waals surface area contributed by atoms with Crippen LogP contribution in [0.4, 0.5) is 10.1 Å². The average molecular weight is 297 g/mol. The van der Waals surface area contributed by atoms with Gasteiger partial charge in [0.2, 0.25) is 0 Å². The van der Waals surface area contributed by atoms with Gasteiger partial charge >= 0.3 is 0 Å². The van der Waals surface area contributed by atoms with Crippen LogP contribution in [-0.4, -0.2) is 5.78 Å². The predicted molar refractivity (Wildman–Crippen MR) is 87.1 cm³/mol. The molecule has 1 aliphatic rings. The van der Waals surface area contributed by atoms with E-state index in [9.17, 15) is 9.18 Å². The molecule has 3 heteroatoms. The first kappa shape index (κ1) is 14.8. The average Bonchev–Trinajstić information content (AvgIpc) is 2.95. The summed E-state index contributed by atoms with van der Waals surface area (Å²) in [4.78, 5) is 12.5. The lowest BCUT2D eigenvalue weighted by atomic mass is 9.89. The number of carbonyl (C=O) groups is 1. The number of benzene rings is 2. The monoisotopic (exact) mass is 297 g/mol. The molecule has 2 nitrogen and oxygen atoms in total. The lowest BCUT2D eigenvalue weighted by Crippen LogP contribution is -2.17. The number of carbonyl (C=O) groups excluding carboxylic acids is 1. The smallest absolute Gasteiger partial charge is 0.166 e. The molecule has 2 N–H and O–H groups in total. The van der Waals surface area contributed by atoms with Crippen LogP contribution in [0.15, 0.2) is 42.5 Å². The summed E-state index contributed by atoms with van der Waals surface area (Å²) in [5.41, 5.74) is 8.03. The standard InChI is InChI=1S/C19H20FNO/c1-12-3-2-4-16(12)19(22)14-7-5-13(6-8-14)15-9-10-18(21)17(20)11-15/h5-12,16H,2-4,21H2,1H3/t12-,16-/m1/s1. The number of hydrogen-bond donors (Lipinski definition) is 1. The molecule has 0 saturated heterocycles. The molecule has 1 fully saturated rings. The van der Waals surface area contributed by atoms with Gasteiger partial charge in [-0.3, -0.25) is 4.79 Å². The number of hydrogen-bond acceptors (Lipinski definition) is 2. The zero-order chi connectivity index (χ0) is 15.7. The SMILES string of the molecule is C[C@@H]1CCC[C@H]1C(=O)c1ccc(-c2ccc(N)c(F)c2)cc1. The fourth-order valence-corrected chi connectivity index (χ4v) is 3.28. The second kappa shape index (κ2) is 5.91. The van der Waals surface area contributed by atoms with Crippen molar-refractivity contribution < 1.29 is 9.18 Å². The lowest BCUT2D eigenvalue weighted by Gasteiger charge is -2.14. The van der Waals surface area contributed by atoms with E-state index in [1.54, 1.807) is 12.1 Å². The van der Waals surface area contributed by atoms with E-state index in [0.717, 1.165) is 36.0 Å². The maximum Gasteiger partial charge on any atom is 0.166 e. The van der Waals surface area contributed by atoms with Gasteiger partial charge in [0, 0.05) is 11.5 Å². The van der Waals surface area contributed by atoms with Crippen LogP contribution >= 0.6 is 0 Å². The van der Waals surface area contributed by atoms with Crippen LogP contribution in [0.25, 0.3) is 11.1 Å². The van der Waals surface area contributed by atoms with E-state index in [4.69, 9.17) is 5.73 Å². The molecule has 2 atom stereocenters. The van der Waals surface area contributed by atoms with Crippen molar-refractivity contribution in [2.24, 2.45) is 11.8 Å². The molecule has 114 valence electrons. The van der Waals surface area contributed by atoms with Crippen molar-refractivity contribution in [2.45, 2.75) is 26.2 Å². The first-order valence-electron chi connectivity index (χ1n) is 7.76. The Balaban J connectivity index is 1.83. The van der Waals surface area contributed by atoms with Crippen molar-refractivity contribution in [3.05, 3.63) is 53.8 Å². The van der Waals surface area contributed by atoms with Crippen LogP contribution in [0.3, 0.4) is 0 Å². The molecular formula is C19H20FNO. The first-order valence-corrected chi connectivity index (χ1v) is 7.76. The van der Waals surface area contributed by atoms with Gasteiger partial charge in [-0.05, 0) is 42.0 Å². The Kier molecular flexibility index (Phi) is 3.97. The third-order valence-corrected chi connectivity index (χ3v) is 4.70. The summed E-state index contributed by atoms with van der Waals surface area (Å²) in [5.74, 6) is 0.440. The van der Waals surface area contributed by atoms with Gasteiger partial charge < -0.3 is 5.73 Å². The van der Waals surface area contributed by atoms with Crippen LogP contribution in [0.2, 0.25) is 0 Å². The quantitative estimate of drug-likeness (QED) is 0.659. The van der Waals surface area contributed by atoms with Crippen LogP contribution in [0.5, 0.6) is 0 Å². The molecule has 0 radical (unpaired) electrons. The number of halogens is 1. The molecule has 0 bridgehead atoms. The number of nitrogens with two attached hydrogens (primary N) is 1. The molecule has 1 saturated carbocycles. The van der Waals surface area contributed by atoms with E-state index in [0.29, 0.717) is 5.92 Å². The van der Waals surface area contributed by atoms with Crippen molar-refractivity contribution in [1.29, 1.82) is 0 Å². The maximum absolute atomic E-state index is 13.5. The van der Waals surface area contributed by atoms with E-state index in [-0.39, 0.29) is 17.4 Å². The van der Waals surface area contributed by atoms with E-state index in [1.165, 1.54) is 6.07 Å². The Labute approximate surface area is 130 Å². The first-order chi connectivity index (χ1) is 10.6. The fourth-order valence-electron chi connectivity index (χ4n) is 3.28. The van der Waals surface area contributed by atoms with Gasteiger partial charge in [-0.2, -0.15) is 0 Å². The highest BCUT2D eigenvalue weighted by molar-refractivity contribution is 5.98. The number of nitrogen functional groups attached to an aromatic ring is 1. The van der Waals surface area contributed by atoms with Crippen LogP contribution in [-0.2, 0) is 0 Å². The summed E-state index contributed by atoms with van der Waals surface area (Å²) in [5, 5.41) is 0.